The van der Waals surface area contributed by atoms with E-state index in [1.165, 1.54) is 11.8 Å². The van der Waals surface area contributed by atoms with E-state index in [0.717, 1.165) is 27.3 Å². The number of thioether (sulfide) groups is 1. The normalized spacial score (nSPS) is 20.8. The molecule has 1 aliphatic rings. The first-order valence-electron chi connectivity index (χ1n) is 8.66. The number of hydrogen-bond donors (Lipinski definition) is 1. The van der Waals surface area contributed by atoms with Crippen molar-refractivity contribution in [3.8, 4) is 0 Å². The number of imide groups is 1. The summed E-state index contributed by atoms with van der Waals surface area (Å²) < 4.78 is 0. The number of nitrogens with one attached hydrogen (secondary N) is 1. The van der Waals surface area contributed by atoms with Crippen LogP contribution < -0.4 is 5.32 Å². The second kappa shape index (κ2) is 8.04. The van der Waals surface area contributed by atoms with Gasteiger partial charge in [0.25, 0.3) is 0 Å². The minimum Gasteiger partial charge on any atom is -0.324 e. The number of nitrogens with zero attached hydrogens (tertiary/aromatic N) is 1. The standard InChI is InChI=1S/C19H26N2O3S/c1-6-14-18(23)21(19(24)15(7-2)25-14)10-16(22)20-17-12(4)8-11(3)9-13(17)5/h8-9,14-15H,6-7,10H2,1-5H3,(H,20,22)/t14-,15-/m0/s1. The lowest BCUT2D eigenvalue weighted by atomic mass is 10.1. The van der Waals surface area contributed by atoms with Gasteiger partial charge >= 0.3 is 0 Å². The van der Waals surface area contributed by atoms with Crippen molar-refractivity contribution in [1.82, 2.24) is 4.90 Å². The van der Waals surface area contributed by atoms with Crippen molar-refractivity contribution in [3.05, 3.63) is 28.8 Å². The van der Waals surface area contributed by atoms with Crippen molar-refractivity contribution in [2.24, 2.45) is 0 Å². The fourth-order valence-corrected chi connectivity index (χ4v) is 4.44. The van der Waals surface area contributed by atoms with Crippen molar-refractivity contribution >= 4 is 35.2 Å². The van der Waals surface area contributed by atoms with Gasteiger partial charge < -0.3 is 5.32 Å². The highest BCUT2D eigenvalue weighted by molar-refractivity contribution is 8.02. The number of benzene rings is 1. The van der Waals surface area contributed by atoms with Gasteiger partial charge in [-0.2, -0.15) is 0 Å². The van der Waals surface area contributed by atoms with E-state index in [1.54, 1.807) is 0 Å². The monoisotopic (exact) mass is 362 g/mol. The molecule has 2 rings (SSSR count). The second-order valence-electron chi connectivity index (χ2n) is 6.51. The zero-order chi connectivity index (χ0) is 18.7. The summed E-state index contributed by atoms with van der Waals surface area (Å²) >= 11 is 1.42. The fourth-order valence-electron chi connectivity index (χ4n) is 3.17. The van der Waals surface area contributed by atoms with Gasteiger partial charge in [-0.25, -0.2) is 0 Å². The third kappa shape index (κ3) is 4.24. The molecule has 1 saturated heterocycles. The topological polar surface area (TPSA) is 66.5 Å². The van der Waals surface area contributed by atoms with Gasteiger partial charge in [0.05, 0.1) is 10.5 Å². The molecule has 0 bridgehead atoms. The van der Waals surface area contributed by atoms with E-state index in [1.807, 2.05) is 46.8 Å². The predicted molar refractivity (Wildman–Crippen MR) is 102 cm³/mol. The van der Waals surface area contributed by atoms with E-state index in [4.69, 9.17) is 0 Å². The van der Waals surface area contributed by atoms with E-state index < -0.39 is 0 Å². The van der Waals surface area contributed by atoms with Crippen LogP contribution in [0.5, 0.6) is 0 Å². The molecule has 0 unspecified atom stereocenters. The summed E-state index contributed by atoms with van der Waals surface area (Å²) in [4.78, 5) is 38.6. The van der Waals surface area contributed by atoms with Crippen LogP contribution in [0, 0.1) is 20.8 Å². The van der Waals surface area contributed by atoms with Crippen LogP contribution in [0.4, 0.5) is 5.69 Å². The van der Waals surface area contributed by atoms with Gasteiger partial charge in [-0.3, -0.25) is 19.3 Å². The number of aryl methyl sites for hydroxylation is 3. The molecule has 25 heavy (non-hydrogen) atoms. The van der Waals surface area contributed by atoms with Crippen LogP contribution in [0.2, 0.25) is 0 Å². The van der Waals surface area contributed by atoms with E-state index >= 15 is 0 Å². The average Bonchev–Trinajstić information content (AvgIpc) is 2.55. The Kier molecular flexibility index (Phi) is 6.27. The molecule has 1 aliphatic heterocycles. The summed E-state index contributed by atoms with van der Waals surface area (Å²) in [6.07, 6.45) is 1.31. The maximum absolute atomic E-state index is 12.5. The molecule has 0 saturated carbocycles. The number of anilines is 1. The lowest BCUT2D eigenvalue weighted by molar-refractivity contribution is -0.147. The van der Waals surface area contributed by atoms with Crippen LogP contribution in [0.25, 0.3) is 0 Å². The Morgan fingerprint density at radius 1 is 1.04 bits per heavy atom. The Balaban J connectivity index is 2.16. The third-order valence-corrected chi connectivity index (χ3v) is 6.12. The second-order valence-corrected chi connectivity index (χ2v) is 7.92. The molecule has 0 spiro atoms. The van der Waals surface area contributed by atoms with Crippen molar-refractivity contribution in [3.63, 3.8) is 0 Å². The minimum atomic E-state index is -0.339. The molecule has 6 heteroatoms. The fraction of sp³-hybridized carbons (Fsp3) is 0.526. The van der Waals surface area contributed by atoms with Gasteiger partial charge in [0, 0.05) is 5.69 Å². The first-order chi connectivity index (χ1) is 11.8. The number of hydrogen-bond acceptors (Lipinski definition) is 4. The smallest absolute Gasteiger partial charge is 0.244 e. The Morgan fingerprint density at radius 3 is 1.96 bits per heavy atom. The molecule has 5 nitrogen and oxygen atoms in total. The summed E-state index contributed by atoms with van der Waals surface area (Å²) in [6.45, 7) is 9.50. The van der Waals surface area contributed by atoms with Crippen LogP contribution in [-0.2, 0) is 14.4 Å². The van der Waals surface area contributed by atoms with Crippen LogP contribution in [0.15, 0.2) is 12.1 Å². The van der Waals surface area contributed by atoms with Crippen molar-refractivity contribution in [2.75, 3.05) is 11.9 Å². The van der Waals surface area contributed by atoms with E-state index in [0.29, 0.717) is 12.8 Å². The molecular formula is C19H26N2O3S. The highest BCUT2D eigenvalue weighted by Crippen LogP contribution is 2.31. The molecule has 1 heterocycles. The highest BCUT2D eigenvalue weighted by Gasteiger charge is 2.40. The number of carbonyl (C=O) groups is 3. The van der Waals surface area contributed by atoms with Crippen LogP contribution in [0.3, 0.4) is 0 Å². The zero-order valence-corrected chi connectivity index (χ0v) is 16.3. The first kappa shape index (κ1) is 19.5. The SMILES string of the molecule is CC[C@@H]1S[C@@H](CC)C(=O)N(CC(=O)Nc2c(C)cc(C)cc2C)C1=O. The Labute approximate surface area is 153 Å². The van der Waals surface area contributed by atoms with Crippen LogP contribution in [0.1, 0.15) is 43.4 Å². The quantitative estimate of drug-likeness (QED) is 0.817. The van der Waals surface area contributed by atoms with Crippen molar-refractivity contribution in [2.45, 2.75) is 58.0 Å². The summed E-state index contributed by atoms with van der Waals surface area (Å²) in [7, 11) is 0. The minimum absolute atomic E-state index is 0.224. The maximum Gasteiger partial charge on any atom is 0.244 e. The zero-order valence-electron chi connectivity index (χ0n) is 15.5. The molecule has 1 fully saturated rings. The molecule has 2 atom stereocenters. The van der Waals surface area contributed by atoms with Crippen LogP contribution >= 0.6 is 11.8 Å². The van der Waals surface area contributed by atoms with E-state index in [9.17, 15) is 14.4 Å². The molecule has 0 aromatic heterocycles. The molecular weight excluding hydrogens is 336 g/mol. The molecule has 136 valence electrons. The Morgan fingerprint density at radius 2 is 1.52 bits per heavy atom. The average molecular weight is 362 g/mol. The van der Waals surface area contributed by atoms with Crippen molar-refractivity contribution < 1.29 is 14.4 Å². The largest absolute Gasteiger partial charge is 0.324 e. The lowest BCUT2D eigenvalue weighted by Gasteiger charge is -2.34. The van der Waals surface area contributed by atoms with Crippen LogP contribution in [-0.4, -0.2) is 39.7 Å². The molecule has 0 radical (unpaired) electrons. The Bertz CT molecular complexity index is 657. The summed E-state index contributed by atoms with van der Waals surface area (Å²) in [6, 6.07) is 3.99. The van der Waals surface area contributed by atoms with Gasteiger partial charge in [-0.1, -0.05) is 31.5 Å². The maximum atomic E-state index is 12.5. The highest BCUT2D eigenvalue weighted by atomic mass is 32.2. The van der Waals surface area contributed by atoms with Gasteiger partial charge in [0.1, 0.15) is 6.54 Å². The summed E-state index contributed by atoms with van der Waals surface area (Å²) in [5.41, 5.74) is 3.81. The van der Waals surface area contributed by atoms with Gasteiger partial charge in [-0.15, -0.1) is 11.8 Å². The van der Waals surface area contributed by atoms with Gasteiger partial charge in [-0.05, 0) is 44.7 Å². The summed E-state index contributed by atoms with van der Waals surface area (Å²) in [5, 5.41) is 2.36. The van der Waals surface area contributed by atoms with E-state index in [-0.39, 0.29) is 34.8 Å². The molecule has 3 amide bonds. The van der Waals surface area contributed by atoms with Gasteiger partial charge in [0.15, 0.2) is 0 Å². The lowest BCUT2D eigenvalue weighted by Crippen LogP contribution is -2.53. The van der Waals surface area contributed by atoms with Gasteiger partial charge in [0.2, 0.25) is 17.7 Å². The molecule has 1 aromatic rings. The molecule has 0 aliphatic carbocycles. The molecule has 1 aromatic carbocycles. The summed E-state index contributed by atoms with van der Waals surface area (Å²) in [5.74, 6) is -0.849. The van der Waals surface area contributed by atoms with Crippen molar-refractivity contribution in [1.29, 1.82) is 0 Å². The number of amides is 3. The van der Waals surface area contributed by atoms with E-state index in [2.05, 4.69) is 5.32 Å². The first-order valence-corrected chi connectivity index (χ1v) is 9.61. The Hall–Kier alpha value is -1.82. The number of rotatable bonds is 5. The number of carbonyl (C=O) groups excluding carboxylic acids is 3. The third-order valence-electron chi connectivity index (χ3n) is 4.40. The predicted octanol–water partition coefficient (Wildman–Crippen LogP) is 3.21. The molecule has 1 N–H and O–H groups in total.